The molecule has 2 aromatic heterocycles. The van der Waals surface area contributed by atoms with Gasteiger partial charge in [0.05, 0.1) is 16.6 Å². The Balaban J connectivity index is 1.41. The summed E-state index contributed by atoms with van der Waals surface area (Å²) in [5.74, 6) is 0.925. The highest BCUT2D eigenvalue weighted by Gasteiger charge is 2.19. The summed E-state index contributed by atoms with van der Waals surface area (Å²) in [5.41, 5.74) is 2.44. The predicted octanol–water partition coefficient (Wildman–Crippen LogP) is 3.20. The van der Waals surface area contributed by atoms with Gasteiger partial charge in [-0.3, -0.25) is 14.6 Å². The fourth-order valence-corrected chi connectivity index (χ4v) is 4.10. The number of hydrogen-bond donors (Lipinski definition) is 1. The molecule has 1 N–H and O–H groups in total. The van der Waals surface area contributed by atoms with Crippen LogP contribution in [0.25, 0.3) is 11.0 Å². The molecule has 31 heavy (non-hydrogen) atoms. The summed E-state index contributed by atoms with van der Waals surface area (Å²) >= 11 is 0. The lowest BCUT2D eigenvalue weighted by Gasteiger charge is -2.21. The van der Waals surface area contributed by atoms with E-state index in [4.69, 9.17) is 4.98 Å². The maximum atomic E-state index is 13.0. The lowest BCUT2D eigenvalue weighted by Crippen LogP contribution is -2.35. The molecule has 0 unspecified atom stereocenters. The number of likely N-dealkylation sites (tertiary alicyclic amines) is 1. The predicted molar refractivity (Wildman–Crippen MR) is 120 cm³/mol. The molecule has 1 aliphatic rings. The van der Waals surface area contributed by atoms with E-state index in [9.17, 15) is 9.59 Å². The molecule has 3 heterocycles. The summed E-state index contributed by atoms with van der Waals surface area (Å²) in [7, 11) is 0. The van der Waals surface area contributed by atoms with E-state index in [1.54, 1.807) is 24.5 Å². The molecule has 0 atom stereocenters. The summed E-state index contributed by atoms with van der Waals surface area (Å²) in [6, 6.07) is 11.4. The number of hydrogen-bond acceptors (Lipinski definition) is 4. The quantitative estimate of drug-likeness (QED) is 0.597. The highest BCUT2D eigenvalue weighted by atomic mass is 16.2. The van der Waals surface area contributed by atoms with Gasteiger partial charge in [-0.05, 0) is 43.5 Å². The first-order chi connectivity index (χ1) is 15.2. The first kappa shape index (κ1) is 21.0. The number of pyridine rings is 1. The molecule has 0 saturated carbocycles. The molecular formula is C24H29N5O2. The smallest absolute Gasteiger partial charge is 0.252 e. The lowest BCUT2D eigenvalue weighted by atomic mass is 10.2. The van der Waals surface area contributed by atoms with Gasteiger partial charge in [0.25, 0.3) is 5.91 Å². The Kier molecular flexibility index (Phi) is 6.92. The van der Waals surface area contributed by atoms with Crippen molar-refractivity contribution in [3.05, 3.63) is 60.2 Å². The molecule has 4 rings (SSSR count). The number of para-hydroxylation sites is 2. The zero-order valence-electron chi connectivity index (χ0n) is 17.8. The summed E-state index contributed by atoms with van der Waals surface area (Å²) in [6.07, 6.45) is 9.21. The van der Waals surface area contributed by atoms with Crippen molar-refractivity contribution in [1.29, 1.82) is 0 Å². The van der Waals surface area contributed by atoms with E-state index in [2.05, 4.69) is 10.3 Å². The Morgan fingerprint density at radius 2 is 1.81 bits per heavy atom. The second-order valence-corrected chi connectivity index (χ2v) is 8.00. The molecular weight excluding hydrogens is 390 g/mol. The van der Waals surface area contributed by atoms with Crippen molar-refractivity contribution < 1.29 is 9.59 Å². The van der Waals surface area contributed by atoms with Crippen molar-refractivity contribution in [2.45, 2.75) is 45.1 Å². The zero-order chi connectivity index (χ0) is 21.5. The summed E-state index contributed by atoms with van der Waals surface area (Å²) in [6.45, 7) is 2.55. The number of benzene rings is 1. The van der Waals surface area contributed by atoms with Crippen LogP contribution in [0.15, 0.2) is 48.8 Å². The normalized spacial score (nSPS) is 14.4. The van der Waals surface area contributed by atoms with E-state index in [-0.39, 0.29) is 11.8 Å². The number of nitrogens with one attached hydrogen (secondary N) is 1. The van der Waals surface area contributed by atoms with Gasteiger partial charge in [0.2, 0.25) is 5.91 Å². The highest BCUT2D eigenvalue weighted by Crippen LogP contribution is 2.18. The maximum Gasteiger partial charge on any atom is 0.252 e. The number of fused-ring (bicyclic) bond motifs is 1. The highest BCUT2D eigenvalue weighted by molar-refractivity contribution is 5.93. The fourth-order valence-electron chi connectivity index (χ4n) is 4.10. The molecule has 1 aromatic carbocycles. The number of imidazole rings is 1. The van der Waals surface area contributed by atoms with Crippen LogP contribution in [0.3, 0.4) is 0 Å². The number of rotatable bonds is 7. The van der Waals surface area contributed by atoms with E-state index in [0.29, 0.717) is 25.1 Å². The van der Waals surface area contributed by atoms with Gasteiger partial charge in [0.1, 0.15) is 12.4 Å². The molecule has 1 saturated heterocycles. The summed E-state index contributed by atoms with van der Waals surface area (Å²) < 4.78 is 2.05. The topological polar surface area (TPSA) is 80.1 Å². The number of aromatic nitrogens is 3. The first-order valence-electron chi connectivity index (χ1n) is 11.1. The van der Waals surface area contributed by atoms with Crippen molar-refractivity contribution in [3.63, 3.8) is 0 Å². The molecule has 0 bridgehead atoms. The van der Waals surface area contributed by atoms with E-state index in [1.165, 1.54) is 12.8 Å². The Morgan fingerprint density at radius 3 is 2.58 bits per heavy atom. The Morgan fingerprint density at radius 1 is 1.00 bits per heavy atom. The van der Waals surface area contributed by atoms with Gasteiger partial charge < -0.3 is 14.8 Å². The minimum atomic E-state index is -0.127. The summed E-state index contributed by atoms with van der Waals surface area (Å²) in [4.78, 5) is 35.9. The van der Waals surface area contributed by atoms with Crippen LogP contribution in [0.4, 0.5) is 0 Å². The third-order valence-electron chi connectivity index (χ3n) is 5.77. The molecule has 0 radical (unpaired) electrons. The minimum absolute atomic E-state index is 0.127. The van der Waals surface area contributed by atoms with Crippen LogP contribution >= 0.6 is 0 Å². The van der Waals surface area contributed by atoms with Crippen LogP contribution < -0.4 is 5.32 Å². The maximum absolute atomic E-state index is 13.0. The largest absolute Gasteiger partial charge is 0.352 e. The number of nitrogens with zero attached hydrogens (tertiary/aromatic N) is 4. The van der Waals surface area contributed by atoms with Crippen molar-refractivity contribution in [2.24, 2.45) is 0 Å². The Bertz CT molecular complexity index is 1020. The molecule has 1 aliphatic heterocycles. The van der Waals surface area contributed by atoms with Gasteiger partial charge in [-0.1, -0.05) is 25.0 Å². The number of aryl methyl sites for hydroxylation is 1. The Hall–Kier alpha value is -3.22. The van der Waals surface area contributed by atoms with Crippen molar-refractivity contribution in [2.75, 3.05) is 19.6 Å². The van der Waals surface area contributed by atoms with Crippen molar-refractivity contribution in [1.82, 2.24) is 24.8 Å². The van der Waals surface area contributed by atoms with E-state index in [1.807, 2.05) is 33.7 Å². The third kappa shape index (κ3) is 5.29. The molecule has 3 aromatic rings. The van der Waals surface area contributed by atoms with Gasteiger partial charge in [-0.2, -0.15) is 0 Å². The van der Waals surface area contributed by atoms with Gasteiger partial charge in [0.15, 0.2) is 0 Å². The molecule has 2 amide bonds. The number of carbonyl (C=O) groups excluding carboxylic acids is 2. The molecule has 0 spiro atoms. The molecule has 7 nitrogen and oxygen atoms in total. The van der Waals surface area contributed by atoms with E-state index < -0.39 is 0 Å². The molecule has 7 heteroatoms. The van der Waals surface area contributed by atoms with Gasteiger partial charge in [-0.25, -0.2) is 4.98 Å². The van der Waals surface area contributed by atoms with Gasteiger partial charge in [-0.15, -0.1) is 0 Å². The van der Waals surface area contributed by atoms with Crippen LogP contribution in [-0.4, -0.2) is 50.9 Å². The van der Waals surface area contributed by atoms with Gasteiger partial charge in [0, 0.05) is 38.4 Å². The molecule has 1 fully saturated rings. The first-order valence-corrected chi connectivity index (χ1v) is 11.1. The van der Waals surface area contributed by atoms with E-state index in [0.717, 1.165) is 49.2 Å². The third-order valence-corrected chi connectivity index (χ3v) is 5.77. The van der Waals surface area contributed by atoms with Crippen LogP contribution in [0.1, 0.15) is 48.3 Å². The average molecular weight is 420 g/mol. The SMILES string of the molecule is O=C(NCCCc1nc2ccccc2n1CC(=O)N1CCCCCC1)c1cccnc1. The molecule has 162 valence electrons. The molecule has 0 aliphatic carbocycles. The average Bonchev–Trinajstić information content (AvgIpc) is 2.96. The van der Waals surface area contributed by atoms with E-state index >= 15 is 0 Å². The lowest BCUT2D eigenvalue weighted by molar-refractivity contribution is -0.131. The van der Waals surface area contributed by atoms with Crippen LogP contribution in [0, 0.1) is 0 Å². The van der Waals surface area contributed by atoms with Crippen molar-refractivity contribution in [3.8, 4) is 0 Å². The van der Waals surface area contributed by atoms with Crippen LogP contribution in [0.2, 0.25) is 0 Å². The Labute approximate surface area is 182 Å². The van der Waals surface area contributed by atoms with Crippen molar-refractivity contribution >= 4 is 22.8 Å². The fraction of sp³-hybridized carbons (Fsp3) is 0.417. The zero-order valence-corrected chi connectivity index (χ0v) is 17.8. The standard InChI is InChI=1S/C24H29N5O2/c30-23(28-15-5-1-2-6-16-28)18-29-21-11-4-3-10-20(21)27-22(29)12-8-14-26-24(31)19-9-7-13-25-17-19/h3-4,7,9-11,13,17H,1-2,5-6,8,12,14-16,18H2,(H,26,31). The number of carbonyl (C=O) groups is 2. The van der Waals surface area contributed by atoms with Gasteiger partial charge >= 0.3 is 0 Å². The summed E-state index contributed by atoms with van der Waals surface area (Å²) in [5, 5.41) is 2.93. The minimum Gasteiger partial charge on any atom is -0.352 e. The second kappa shape index (κ2) is 10.2. The van der Waals surface area contributed by atoms with Crippen LogP contribution in [-0.2, 0) is 17.8 Å². The monoisotopic (exact) mass is 419 g/mol. The number of amides is 2. The van der Waals surface area contributed by atoms with Crippen LogP contribution in [0.5, 0.6) is 0 Å². The second-order valence-electron chi connectivity index (χ2n) is 8.00.